The summed E-state index contributed by atoms with van der Waals surface area (Å²) in [7, 11) is 1.71. The molecule has 0 amide bonds. The van der Waals surface area contributed by atoms with Gasteiger partial charge in [0, 0.05) is 73.7 Å². The second kappa shape index (κ2) is 11.1. The molecule has 5 rings (SSSR count). The molecule has 0 saturated carbocycles. The third kappa shape index (κ3) is 5.91. The van der Waals surface area contributed by atoms with Crippen molar-refractivity contribution in [3.8, 4) is 11.1 Å². The molecule has 6 nitrogen and oxygen atoms in total. The van der Waals surface area contributed by atoms with Gasteiger partial charge in [0.1, 0.15) is 0 Å². The SMILES string of the molecule is CCN1CCN(c2cc(C(=O)Cc3ccc(C)c(-c4cc5cnc(C)cc5n(C)c4=O)c3)cc(C(F)(F)F)c2)CC1. The van der Waals surface area contributed by atoms with E-state index >= 15 is 0 Å². The molecule has 0 N–H and O–H groups in total. The summed E-state index contributed by atoms with van der Waals surface area (Å²) in [5.74, 6) is -0.412. The quantitative estimate of drug-likeness (QED) is 0.278. The zero-order valence-corrected chi connectivity index (χ0v) is 23.7. The molecule has 2 aromatic heterocycles. The number of nitrogens with zero attached hydrogens (tertiary/aromatic N) is 4. The molecular formula is C32H33F3N4O2. The van der Waals surface area contributed by atoms with Crippen molar-refractivity contribution in [1.82, 2.24) is 14.5 Å². The summed E-state index contributed by atoms with van der Waals surface area (Å²) in [5.41, 5.74) is 3.63. The summed E-state index contributed by atoms with van der Waals surface area (Å²) in [6.07, 6.45) is -2.94. The second-order valence-electron chi connectivity index (χ2n) is 10.7. The van der Waals surface area contributed by atoms with E-state index < -0.39 is 17.5 Å². The standard InChI is InChI=1S/C32H33F3N4O2/c1-5-38-8-10-39(11-9-38)26-16-23(15-25(18-26)32(33,34)35)30(40)14-22-7-6-20(2)27(13-22)28-17-24-19-36-21(3)12-29(24)37(4)31(28)41/h6-7,12-13,15-19H,5,8-11,14H2,1-4H3. The number of hydrogen-bond donors (Lipinski definition) is 0. The van der Waals surface area contributed by atoms with Crippen LogP contribution in [0.4, 0.5) is 18.9 Å². The minimum Gasteiger partial charge on any atom is -0.369 e. The molecule has 9 heteroatoms. The highest BCUT2D eigenvalue weighted by Crippen LogP contribution is 2.34. The van der Waals surface area contributed by atoms with Crippen molar-refractivity contribution in [3.05, 3.63) is 93.0 Å². The highest BCUT2D eigenvalue weighted by molar-refractivity contribution is 5.99. The van der Waals surface area contributed by atoms with Gasteiger partial charge in [-0.05, 0) is 67.4 Å². The number of carbonyl (C=O) groups is 1. The predicted molar refractivity (Wildman–Crippen MR) is 156 cm³/mol. The van der Waals surface area contributed by atoms with Crippen molar-refractivity contribution in [2.24, 2.45) is 7.05 Å². The van der Waals surface area contributed by atoms with Crippen molar-refractivity contribution in [1.29, 1.82) is 0 Å². The second-order valence-corrected chi connectivity index (χ2v) is 10.7. The number of piperazine rings is 1. The Balaban J connectivity index is 1.48. The first-order chi connectivity index (χ1) is 19.4. The molecular weight excluding hydrogens is 529 g/mol. The molecule has 3 heterocycles. The van der Waals surface area contributed by atoms with Gasteiger partial charge >= 0.3 is 6.18 Å². The predicted octanol–water partition coefficient (Wildman–Crippen LogP) is 5.80. The zero-order chi connectivity index (χ0) is 29.5. The summed E-state index contributed by atoms with van der Waals surface area (Å²) in [6, 6.07) is 12.7. The lowest BCUT2D eigenvalue weighted by molar-refractivity contribution is -0.137. The summed E-state index contributed by atoms with van der Waals surface area (Å²) in [4.78, 5) is 35.2. The number of benzene rings is 2. The number of aromatic nitrogens is 2. The number of hydrogen-bond acceptors (Lipinski definition) is 5. The van der Waals surface area contributed by atoms with Gasteiger partial charge in [0.25, 0.3) is 5.56 Å². The Kier molecular flexibility index (Phi) is 7.74. The van der Waals surface area contributed by atoms with Crippen LogP contribution in [0.25, 0.3) is 22.0 Å². The lowest BCUT2D eigenvalue weighted by Crippen LogP contribution is -2.46. The van der Waals surface area contributed by atoms with Crippen LogP contribution in [-0.2, 0) is 19.6 Å². The maximum Gasteiger partial charge on any atom is 0.416 e. The number of fused-ring (bicyclic) bond motifs is 1. The number of halogens is 3. The average molecular weight is 563 g/mol. The fraction of sp³-hybridized carbons (Fsp3) is 0.344. The number of rotatable bonds is 6. The minimum atomic E-state index is -4.57. The Morgan fingerprint density at radius 2 is 1.68 bits per heavy atom. The van der Waals surface area contributed by atoms with E-state index in [0.29, 0.717) is 35.5 Å². The van der Waals surface area contributed by atoms with Gasteiger partial charge in [-0.2, -0.15) is 13.2 Å². The molecule has 1 aliphatic heterocycles. The minimum absolute atomic E-state index is 0.0259. The third-order valence-electron chi connectivity index (χ3n) is 7.95. The lowest BCUT2D eigenvalue weighted by atomic mass is 9.94. The Hall–Kier alpha value is -3.98. The summed E-state index contributed by atoms with van der Waals surface area (Å²) >= 11 is 0. The highest BCUT2D eigenvalue weighted by Gasteiger charge is 2.32. The number of carbonyl (C=O) groups excluding carboxylic acids is 1. The van der Waals surface area contributed by atoms with Crippen LogP contribution >= 0.6 is 0 Å². The Morgan fingerprint density at radius 1 is 0.951 bits per heavy atom. The number of ketones is 1. The van der Waals surface area contributed by atoms with Crippen molar-refractivity contribution in [3.63, 3.8) is 0 Å². The monoisotopic (exact) mass is 562 g/mol. The fourth-order valence-corrected chi connectivity index (χ4v) is 5.46. The van der Waals surface area contributed by atoms with Gasteiger partial charge in [-0.1, -0.05) is 25.1 Å². The molecule has 0 bridgehead atoms. The average Bonchev–Trinajstić information content (AvgIpc) is 2.95. The van der Waals surface area contributed by atoms with E-state index in [2.05, 4.69) is 16.8 Å². The normalized spacial score (nSPS) is 14.6. The first-order valence-electron chi connectivity index (χ1n) is 13.7. The molecule has 214 valence electrons. The van der Waals surface area contributed by atoms with Crippen LogP contribution in [0.15, 0.2) is 59.5 Å². The van der Waals surface area contributed by atoms with Crippen LogP contribution in [0, 0.1) is 13.8 Å². The first-order valence-corrected chi connectivity index (χ1v) is 13.7. The molecule has 2 aromatic carbocycles. The Bertz CT molecular complexity index is 1690. The molecule has 1 saturated heterocycles. The van der Waals surface area contributed by atoms with Crippen LogP contribution in [0.5, 0.6) is 0 Å². The summed E-state index contributed by atoms with van der Waals surface area (Å²) in [6.45, 7) is 9.40. The molecule has 0 spiro atoms. The molecule has 1 aliphatic rings. The summed E-state index contributed by atoms with van der Waals surface area (Å²) < 4.78 is 43.1. The molecule has 4 aromatic rings. The maximum absolute atomic E-state index is 13.8. The zero-order valence-electron chi connectivity index (χ0n) is 23.7. The fourth-order valence-electron chi connectivity index (χ4n) is 5.46. The Labute approximate surface area is 237 Å². The number of likely N-dealkylation sites (N-methyl/N-ethyl adjacent to an activating group) is 1. The van der Waals surface area contributed by atoms with Crippen LogP contribution in [0.2, 0.25) is 0 Å². The van der Waals surface area contributed by atoms with E-state index in [1.54, 1.807) is 42.1 Å². The molecule has 0 unspecified atom stereocenters. The van der Waals surface area contributed by atoms with Crippen LogP contribution in [-0.4, -0.2) is 53.0 Å². The number of Topliss-reactive ketones (excluding diaryl/α,β-unsaturated/α-hetero) is 1. The highest BCUT2D eigenvalue weighted by atomic mass is 19.4. The van der Waals surface area contributed by atoms with Crippen molar-refractivity contribution >= 4 is 22.4 Å². The molecule has 0 aliphatic carbocycles. The van der Waals surface area contributed by atoms with Gasteiger partial charge in [-0.3, -0.25) is 14.6 Å². The van der Waals surface area contributed by atoms with Crippen LogP contribution in [0.1, 0.15) is 39.7 Å². The van der Waals surface area contributed by atoms with E-state index in [1.165, 1.54) is 0 Å². The summed E-state index contributed by atoms with van der Waals surface area (Å²) in [5, 5.41) is 0.810. The van der Waals surface area contributed by atoms with E-state index in [1.807, 2.05) is 30.9 Å². The number of anilines is 1. The smallest absolute Gasteiger partial charge is 0.369 e. The van der Waals surface area contributed by atoms with E-state index in [-0.39, 0.29) is 17.5 Å². The van der Waals surface area contributed by atoms with Gasteiger partial charge in [0.15, 0.2) is 5.78 Å². The lowest BCUT2D eigenvalue weighted by Gasteiger charge is -2.36. The topological polar surface area (TPSA) is 58.4 Å². The largest absolute Gasteiger partial charge is 0.416 e. The molecule has 41 heavy (non-hydrogen) atoms. The van der Waals surface area contributed by atoms with Crippen LogP contribution < -0.4 is 10.5 Å². The van der Waals surface area contributed by atoms with Crippen LogP contribution in [0.3, 0.4) is 0 Å². The van der Waals surface area contributed by atoms with Gasteiger partial charge in [-0.15, -0.1) is 0 Å². The number of aryl methyl sites for hydroxylation is 3. The molecule has 0 atom stereocenters. The number of pyridine rings is 2. The number of alkyl halides is 3. The first kappa shape index (κ1) is 28.5. The molecule has 0 radical (unpaired) electrons. The van der Waals surface area contributed by atoms with Gasteiger partial charge < -0.3 is 14.4 Å². The Morgan fingerprint density at radius 3 is 2.37 bits per heavy atom. The van der Waals surface area contributed by atoms with E-state index in [0.717, 1.165) is 53.9 Å². The van der Waals surface area contributed by atoms with Gasteiger partial charge in [0.2, 0.25) is 0 Å². The van der Waals surface area contributed by atoms with E-state index in [4.69, 9.17) is 0 Å². The van der Waals surface area contributed by atoms with Crippen molar-refractivity contribution in [2.75, 3.05) is 37.6 Å². The van der Waals surface area contributed by atoms with Crippen molar-refractivity contribution in [2.45, 2.75) is 33.4 Å². The maximum atomic E-state index is 13.8. The van der Waals surface area contributed by atoms with Gasteiger partial charge in [-0.25, -0.2) is 0 Å². The third-order valence-corrected chi connectivity index (χ3v) is 7.95. The van der Waals surface area contributed by atoms with Gasteiger partial charge in [0.05, 0.1) is 11.1 Å². The van der Waals surface area contributed by atoms with Crippen molar-refractivity contribution < 1.29 is 18.0 Å². The molecule has 1 fully saturated rings. The van der Waals surface area contributed by atoms with E-state index in [9.17, 15) is 22.8 Å².